The van der Waals surface area contributed by atoms with Crippen LogP contribution in [0.5, 0.6) is 11.5 Å². The largest absolute Gasteiger partial charge is 0.486 e. The SMILES string of the molecule is CC(C)(C(=O)N1CCCC1C1CCCC1O)c1ccc2c(c1)OCCO2. The molecule has 1 amide bonds. The summed E-state index contributed by atoms with van der Waals surface area (Å²) in [5.74, 6) is 1.85. The molecular formula is C21H29NO4. The normalized spacial score (nSPS) is 28.4. The summed E-state index contributed by atoms with van der Waals surface area (Å²) >= 11 is 0. The van der Waals surface area contributed by atoms with E-state index in [1.165, 1.54) is 0 Å². The number of carbonyl (C=O) groups is 1. The van der Waals surface area contributed by atoms with Gasteiger partial charge in [-0.3, -0.25) is 4.79 Å². The molecule has 2 fully saturated rings. The summed E-state index contributed by atoms with van der Waals surface area (Å²) < 4.78 is 11.3. The van der Waals surface area contributed by atoms with Crippen LogP contribution in [-0.4, -0.2) is 47.8 Å². The molecule has 2 heterocycles. The number of fused-ring (bicyclic) bond motifs is 1. The van der Waals surface area contributed by atoms with Crippen molar-refractivity contribution in [2.45, 2.75) is 63.5 Å². The number of amides is 1. The summed E-state index contributed by atoms with van der Waals surface area (Å²) in [5.41, 5.74) is 0.312. The molecule has 1 aromatic carbocycles. The number of rotatable bonds is 3. The summed E-state index contributed by atoms with van der Waals surface area (Å²) in [4.78, 5) is 15.5. The van der Waals surface area contributed by atoms with Crippen LogP contribution in [0.2, 0.25) is 0 Å². The van der Waals surface area contributed by atoms with Gasteiger partial charge in [0.05, 0.1) is 11.5 Å². The molecule has 1 aromatic rings. The summed E-state index contributed by atoms with van der Waals surface area (Å²) in [6.45, 7) is 5.87. The Morgan fingerprint density at radius 2 is 1.88 bits per heavy atom. The number of aliphatic hydroxyl groups excluding tert-OH is 1. The third-order valence-corrected chi connectivity index (χ3v) is 6.38. The predicted octanol–water partition coefficient (Wildman–Crippen LogP) is 2.89. The highest BCUT2D eigenvalue weighted by Gasteiger charge is 2.44. The highest BCUT2D eigenvalue weighted by atomic mass is 16.6. The van der Waals surface area contributed by atoms with E-state index in [1.807, 2.05) is 36.9 Å². The number of carbonyl (C=O) groups excluding carboxylic acids is 1. The van der Waals surface area contributed by atoms with E-state index in [-0.39, 0.29) is 24.0 Å². The number of benzene rings is 1. The van der Waals surface area contributed by atoms with E-state index < -0.39 is 5.41 Å². The first-order valence-corrected chi connectivity index (χ1v) is 9.88. The zero-order valence-electron chi connectivity index (χ0n) is 15.7. The Hall–Kier alpha value is -1.75. The third-order valence-electron chi connectivity index (χ3n) is 6.38. The second-order valence-corrected chi connectivity index (χ2v) is 8.35. The molecular weight excluding hydrogens is 330 g/mol. The predicted molar refractivity (Wildman–Crippen MR) is 98.5 cm³/mol. The molecule has 3 aliphatic rings. The number of ether oxygens (including phenoxy) is 2. The zero-order chi connectivity index (χ0) is 18.3. The molecule has 3 unspecified atom stereocenters. The van der Waals surface area contributed by atoms with E-state index in [2.05, 4.69) is 0 Å². The lowest BCUT2D eigenvalue weighted by molar-refractivity contribution is -0.138. The first kappa shape index (κ1) is 17.7. The topological polar surface area (TPSA) is 59.0 Å². The fourth-order valence-electron chi connectivity index (χ4n) is 4.82. The molecule has 4 rings (SSSR count). The van der Waals surface area contributed by atoms with Crippen molar-refractivity contribution in [3.05, 3.63) is 23.8 Å². The minimum absolute atomic E-state index is 0.149. The van der Waals surface area contributed by atoms with E-state index in [1.54, 1.807) is 0 Å². The quantitative estimate of drug-likeness (QED) is 0.902. The maximum atomic E-state index is 13.5. The second kappa shape index (κ2) is 6.76. The maximum Gasteiger partial charge on any atom is 0.232 e. The van der Waals surface area contributed by atoms with E-state index in [0.717, 1.165) is 55.7 Å². The van der Waals surface area contributed by atoms with Gasteiger partial charge in [0, 0.05) is 18.5 Å². The van der Waals surface area contributed by atoms with Crippen LogP contribution >= 0.6 is 0 Å². The van der Waals surface area contributed by atoms with Crippen LogP contribution in [0.25, 0.3) is 0 Å². The van der Waals surface area contributed by atoms with Crippen molar-refractivity contribution in [3.8, 4) is 11.5 Å². The number of likely N-dealkylation sites (tertiary alicyclic amines) is 1. The molecule has 142 valence electrons. The summed E-state index contributed by atoms with van der Waals surface area (Å²) in [5, 5.41) is 10.3. The molecule has 1 aliphatic carbocycles. The monoisotopic (exact) mass is 359 g/mol. The van der Waals surface area contributed by atoms with Crippen LogP contribution in [0.15, 0.2) is 18.2 Å². The Labute approximate surface area is 155 Å². The van der Waals surface area contributed by atoms with Crippen LogP contribution in [0, 0.1) is 5.92 Å². The average molecular weight is 359 g/mol. The highest BCUT2D eigenvalue weighted by molar-refractivity contribution is 5.88. The van der Waals surface area contributed by atoms with Gasteiger partial charge in [-0.25, -0.2) is 0 Å². The van der Waals surface area contributed by atoms with E-state index in [4.69, 9.17) is 9.47 Å². The van der Waals surface area contributed by atoms with E-state index in [9.17, 15) is 9.90 Å². The van der Waals surface area contributed by atoms with Crippen molar-refractivity contribution < 1.29 is 19.4 Å². The molecule has 1 N–H and O–H groups in total. The van der Waals surface area contributed by atoms with Gasteiger partial charge in [-0.15, -0.1) is 0 Å². The van der Waals surface area contributed by atoms with Crippen molar-refractivity contribution in [3.63, 3.8) is 0 Å². The van der Waals surface area contributed by atoms with Crippen LogP contribution in [0.3, 0.4) is 0 Å². The Kier molecular flexibility index (Phi) is 4.59. The first-order valence-electron chi connectivity index (χ1n) is 9.88. The van der Waals surface area contributed by atoms with Crippen LogP contribution in [0.1, 0.15) is 51.5 Å². The van der Waals surface area contributed by atoms with Crippen LogP contribution in [0.4, 0.5) is 0 Å². The van der Waals surface area contributed by atoms with Gasteiger partial charge in [-0.2, -0.15) is 0 Å². The van der Waals surface area contributed by atoms with E-state index in [0.29, 0.717) is 13.2 Å². The van der Waals surface area contributed by atoms with Gasteiger partial charge >= 0.3 is 0 Å². The average Bonchev–Trinajstić information content (AvgIpc) is 3.28. The van der Waals surface area contributed by atoms with Crippen LogP contribution < -0.4 is 9.47 Å². The number of hydrogen-bond acceptors (Lipinski definition) is 4. The highest BCUT2D eigenvalue weighted by Crippen LogP contribution is 2.40. The summed E-state index contributed by atoms with van der Waals surface area (Å²) in [6, 6.07) is 6.00. The Morgan fingerprint density at radius 3 is 2.62 bits per heavy atom. The molecule has 5 nitrogen and oxygen atoms in total. The molecule has 26 heavy (non-hydrogen) atoms. The Morgan fingerprint density at radius 1 is 1.12 bits per heavy atom. The van der Waals surface area contributed by atoms with Crippen molar-refractivity contribution in [1.82, 2.24) is 4.90 Å². The lowest BCUT2D eigenvalue weighted by atomic mass is 9.82. The molecule has 1 saturated carbocycles. The summed E-state index contributed by atoms with van der Waals surface area (Å²) in [7, 11) is 0. The minimum Gasteiger partial charge on any atom is -0.486 e. The lowest BCUT2D eigenvalue weighted by Crippen LogP contribution is -2.49. The number of aliphatic hydroxyl groups is 1. The van der Waals surface area contributed by atoms with Crippen molar-refractivity contribution >= 4 is 5.91 Å². The third kappa shape index (κ3) is 2.96. The van der Waals surface area contributed by atoms with Gasteiger partial charge in [0.2, 0.25) is 5.91 Å². The van der Waals surface area contributed by atoms with Crippen molar-refractivity contribution in [2.75, 3.05) is 19.8 Å². The molecule has 2 aliphatic heterocycles. The van der Waals surface area contributed by atoms with E-state index >= 15 is 0 Å². The van der Waals surface area contributed by atoms with Crippen molar-refractivity contribution in [2.24, 2.45) is 5.92 Å². The zero-order valence-corrected chi connectivity index (χ0v) is 15.7. The van der Waals surface area contributed by atoms with Crippen molar-refractivity contribution in [1.29, 1.82) is 0 Å². The van der Waals surface area contributed by atoms with Gasteiger partial charge < -0.3 is 19.5 Å². The maximum absolute atomic E-state index is 13.5. The fourth-order valence-corrected chi connectivity index (χ4v) is 4.82. The lowest BCUT2D eigenvalue weighted by Gasteiger charge is -2.37. The molecule has 0 spiro atoms. The van der Waals surface area contributed by atoms with Gasteiger partial charge in [0.25, 0.3) is 0 Å². The molecule has 1 saturated heterocycles. The molecule has 0 radical (unpaired) electrons. The minimum atomic E-state index is -0.637. The number of hydrogen-bond donors (Lipinski definition) is 1. The fraction of sp³-hybridized carbons (Fsp3) is 0.667. The number of nitrogens with zero attached hydrogens (tertiary/aromatic N) is 1. The molecule has 0 aromatic heterocycles. The van der Waals surface area contributed by atoms with Gasteiger partial charge in [-0.05, 0) is 57.2 Å². The Bertz CT molecular complexity index is 687. The molecule has 3 atom stereocenters. The van der Waals surface area contributed by atoms with Gasteiger partial charge in [0.1, 0.15) is 13.2 Å². The second-order valence-electron chi connectivity index (χ2n) is 8.35. The molecule has 0 bridgehead atoms. The first-order chi connectivity index (χ1) is 12.5. The summed E-state index contributed by atoms with van der Waals surface area (Å²) in [6.07, 6.45) is 4.73. The molecule has 5 heteroatoms. The Balaban J connectivity index is 1.57. The van der Waals surface area contributed by atoms with Gasteiger partial charge in [0.15, 0.2) is 11.5 Å². The van der Waals surface area contributed by atoms with Crippen LogP contribution in [-0.2, 0) is 10.2 Å². The standard InChI is InChI=1S/C21H29NO4/c1-21(2,14-8-9-18-19(13-14)26-12-11-25-18)20(24)22-10-4-6-16(22)15-5-3-7-17(15)23/h8-9,13,15-17,23H,3-7,10-12H2,1-2H3. The smallest absolute Gasteiger partial charge is 0.232 e. The van der Waals surface area contributed by atoms with Gasteiger partial charge in [-0.1, -0.05) is 12.5 Å².